The normalized spacial score (nSPS) is 20.8. The number of anilines is 5. The quantitative estimate of drug-likeness (QED) is 0.197. The van der Waals surface area contributed by atoms with Crippen molar-refractivity contribution in [2.24, 2.45) is 0 Å². The second-order valence-electron chi connectivity index (χ2n) is 12.9. The summed E-state index contributed by atoms with van der Waals surface area (Å²) in [4.78, 5) is 34.7. The van der Waals surface area contributed by atoms with Gasteiger partial charge in [0.05, 0.1) is 41.8 Å². The summed E-state index contributed by atoms with van der Waals surface area (Å²) in [6.07, 6.45) is 7.74. The molecule has 14 heteroatoms. The molecule has 49 heavy (non-hydrogen) atoms. The van der Waals surface area contributed by atoms with Gasteiger partial charge in [0.1, 0.15) is 29.5 Å². The second kappa shape index (κ2) is 14.4. The predicted molar refractivity (Wildman–Crippen MR) is 186 cm³/mol. The van der Waals surface area contributed by atoms with Crippen LogP contribution in [0.2, 0.25) is 5.02 Å². The van der Waals surface area contributed by atoms with Gasteiger partial charge in [0.25, 0.3) is 0 Å². The van der Waals surface area contributed by atoms with Crippen molar-refractivity contribution in [1.82, 2.24) is 19.8 Å². The van der Waals surface area contributed by atoms with Crippen LogP contribution in [0.4, 0.5) is 37.5 Å². The van der Waals surface area contributed by atoms with Crippen LogP contribution in [0.1, 0.15) is 43.7 Å². The molecular weight excluding hydrogens is 654 g/mol. The average Bonchev–Trinajstić information content (AvgIpc) is 3.87. The molecule has 7 rings (SSSR count). The maximum atomic E-state index is 14.9. The largest absolute Gasteiger partial charge is 0.494 e. The first-order valence-electron chi connectivity index (χ1n) is 16.9. The van der Waals surface area contributed by atoms with Gasteiger partial charge in [-0.05, 0) is 50.0 Å². The number of benzene rings is 2. The summed E-state index contributed by atoms with van der Waals surface area (Å²) in [5.41, 5.74) is 2.03. The lowest BCUT2D eigenvalue weighted by Crippen LogP contribution is -2.53. The summed E-state index contributed by atoms with van der Waals surface area (Å²) >= 11 is 6.19. The van der Waals surface area contributed by atoms with Gasteiger partial charge in [-0.15, -0.1) is 0 Å². The highest BCUT2D eigenvalue weighted by molar-refractivity contribution is 6.31. The Hall–Kier alpha value is -4.04. The summed E-state index contributed by atoms with van der Waals surface area (Å²) in [6, 6.07) is 8.09. The molecule has 260 valence electrons. The fraction of sp³-hybridized carbons (Fsp3) is 0.457. The van der Waals surface area contributed by atoms with Gasteiger partial charge < -0.3 is 20.3 Å². The maximum Gasteiger partial charge on any atom is 0.247 e. The number of hydroxylamine groups is 1. The SMILES string of the molecule is C=CC(=O)Nc1cc(Nc2cc(N3OCCC3c3c(F)ccc(F)c3Cl)ncn2)c(OC)cc1N1CCC(N2CCN(C3CC3)CC2)CC1. The highest BCUT2D eigenvalue weighted by atomic mass is 35.5. The van der Waals surface area contributed by atoms with E-state index in [9.17, 15) is 13.6 Å². The molecule has 1 amide bonds. The molecular formula is C35H41ClF2N8O3. The van der Waals surface area contributed by atoms with Crippen LogP contribution in [0.3, 0.4) is 0 Å². The lowest BCUT2D eigenvalue weighted by molar-refractivity contribution is -0.111. The van der Waals surface area contributed by atoms with Gasteiger partial charge in [0.15, 0.2) is 5.82 Å². The van der Waals surface area contributed by atoms with E-state index < -0.39 is 17.7 Å². The van der Waals surface area contributed by atoms with Crippen molar-refractivity contribution in [2.75, 3.05) is 73.6 Å². The first-order chi connectivity index (χ1) is 23.8. The summed E-state index contributed by atoms with van der Waals surface area (Å²) < 4.78 is 35.0. The number of piperazine rings is 1. The van der Waals surface area contributed by atoms with E-state index in [1.165, 1.54) is 30.3 Å². The van der Waals surface area contributed by atoms with Crippen LogP contribution in [-0.2, 0) is 9.63 Å². The smallest absolute Gasteiger partial charge is 0.247 e. The Kier molecular flexibility index (Phi) is 9.86. The molecule has 2 N–H and O–H groups in total. The lowest BCUT2D eigenvalue weighted by Gasteiger charge is -2.43. The minimum absolute atomic E-state index is 0.00679. The molecule has 1 atom stereocenters. The lowest BCUT2D eigenvalue weighted by atomic mass is 10.0. The van der Waals surface area contributed by atoms with Crippen molar-refractivity contribution in [3.8, 4) is 5.75 Å². The van der Waals surface area contributed by atoms with Crippen LogP contribution >= 0.6 is 11.6 Å². The molecule has 0 spiro atoms. The molecule has 1 aromatic heterocycles. The van der Waals surface area contributed by atoms with E-state index in [-0.39, 0.29) is 23.1 Å². The van der Waals surface area contributed by atoms with Gasteiger partial charge in [0, 0.05) is 75.5 Å². The highest BCUT2D eigenvalue weighted by Crippen LogP contribution is 2.42. The number of carbonyl (C=O) groups excluding carboxylic acids is 1. The van der Waals surface area contributed by atoms with Crippen LogP contribution in [-0.4, -0.2) is 90.7 Å². The summed E-state index contributed by atoms with van der Waals surface area (Å²) in [6.45, 7) is 10.2. The Morgan fingerprint density at radius 3 is 2.33 bits per heavy atom. The molecule has 0 bridgehead atoms. The minimum Gasteiger partial charge on any atom is -0.494 e. The molecule has 11 nitrogen and oxygen atoms in total. The molecule has 3 aliphatic heterocycles. The number of halogens is 3. The number of carbonyl (C=O) groups is 1. The van der Waals surface area contributed by atoms with E-state index in [1.54, 1.807) is 13.2 Å². The van der Waals surface area contributed by atoms with E-state index in [4.69, 9.17) is 21.2 Å². The van der Waals surface area contributed by atoms with Gasteiger partial charge in [0.2, 0.25) is 5.91 Å². The van der Waals surface area contributed by atoms with E-state index in [0.29, 0.717) is 41.2 Å². The number of hydrogen-bond acceptors (Lipinski definition) is 10. The third-order valence-corrected chi connectivity index (χ3v) is 10.3. The average molecular weight is 695 g/mol. The predicted octanol–water partition coefficient (Wildman–Crippen LogP) is 5.92. The fourth-order valence-corrected chi connectivity index (χ4v) is 7.52. The zero-order valence-corrected chi connectivity index (χ0v) is 28.3. The van der Waals surface area contributed by atoms with Crippen molar-refractivity contribution < 1.29 is 23.1 Å². The summed E-state index contributed by atoms with van der Waals surface area (Å²) in [5.74, 6) is -0.405. The van der Waals surface area contributed by atoms with Crippen molar-refractivity contribution >= 4 is 46.2 Å². The Bertz CT molecular complexity index is 1700. The van der Waals surface area contributed by atoms with Gasteiger partial charge in [-0.3, -0.25) is 19.4 Å². The van der Waals surface area contributed by atoms with E-state index in [1.807, 2.05) is 12.1 Å². The Balaban J connectivity index is 1.09. The first kappa shape index (κ1) is 33.5. The fourth-order valence-electron chi connectivity index (χ4n) is 7.24. The molecule has 4 aliphatic rings. The Morgan fingerprint density at radius 1 is 0.959 bits per heavy atom. The molecule has 1 unspecified atom stereocenters. The maximum absolute atomic E-state index is 14.9. The van der Waals surface area contributed by atoms with Crippen molar-refractivity contribution in [3.63, 3.8) is 0 Å². The van der Waals surface area contributed by atoms with E-state index in [2.05, 4.69) is 41.9 Å². The molecule has 1 saturated carbocycles. The standard InChI is InChI=1S/C35H41ClF2N8O3/c1-3-33(47)42-26-18-27(30(48-2)19-29(26)45-11-8-23(9-12-45)44-15-13-43(14-16-44)22-4-5-22)41-31-20-32(40-21-39-31)46-28(10-17-49-46)34-24(37)6-7-25(38)35(34)36/h3,6-7,18-23,28H,1,4-5,8-17H2,2H3,(H,42,47)(H,39,40,41). The summed E-state index contributed by atoms with van der Waals surface area (Å²) in [5, 5.41) is 7.38. The third-order valence-electron chi connectivity index (χ3n) is 9.95. The Labute approximate surface area is 289 Å². The molecule has 1 aliphatic carbocycles. The minimum atomic E-state index is -0.712. The van der Waals surface area contributed by atoms with Gasteiger partial charge >= 0.3 is 0 Å². The molecule has 2 aromatic carbocycles. The van der Waals surface area contributed by atoms with Crippen LogP contribution in [0.25, 0.3) is 0 Å². The molecule has 0 radical (unpaired) electrons. The van der Waals surface area contributed by atoms with E-state index >= 15 is 0 Å². The number of methoxy groups -OCH3 is 1. The Morgan fingerprint density at radius 2 is 1.65 bits per heavy atom. The third kappa shape index (κ3) is 7.16. The number of aromatic nitrogens is 2. The van der Waals surface area contributed by atoms with Crippen LogP contribution in [0.5, 0.6) is 5.75 Å². The molecule has 3 saturated heterocycles. The number of ether oxygens (including phenoxy) is 1. The van der Waals surface area contributed by atoms with E-state index in [0.717, 1.165) is 76.0 Å². The second-order valence-corrected chi connectivity index (χ2v) is 13.3. The van der Waals surface area contributed by atoms with Crippen LogP contribution < -0.4 is 25.3 Å². The van der Waals surface area contributed by atoms with Crippen molar-refractivity contribution in [2.45, 2.75) is 50.2 Å². The number of rotatable bonds is 10. The van der Waals surface area contributed by atoms with Gasteiger partial charge in [-0.2, -0.15) is 0 Å². The molecule has 3 aromatic rings. The highest BCUT2D eigenvalue weighted by Gasteiger charge is 2.35. The first-order valence-corrected chi connectivity index (χ1v) is 17.2. The monoisotopic (exact) mass is 694 g/mol. The topological polar surface area (TPSA) is 98.3 Å². The zero-order valence-electron chi connectivity index (χ0n) is 27.5. The van der Waals surface area contributed by atoms with Gasteiger partial charge in [-0.1, -0.05) is 18.2 Å². The number of nitrogens with zero attached hydrogens (tertiary/aromatic N) is 6. The number of piperidine rings is 1. The number of amides is 1. The summed E-state index contributed by atoms with van der Waals surface area (Å²) in [7, 11) is 1.59. The molecule has 4 heterocycles. The van der Waals surface area contributed by atoms with Crippen molar-refractivity contribution in [1.29, 1.82) is 0 Å². The number of nitrogens with one attached hydrogen (secondary N) is 2. The van der Waals surface area contributed by atoms with Crippen LogP contribution in [0, 0.1) is 11.6 Å². The zero-order chi connectivity index (χ0) is 34.1. The van der Waals surface area contributed by atoms with Crippen molar-refractivity contribution in [3.05, 3.63) is 71.5 Å². The van der Waals surface area contributed by atoms with Crippen LogP contribution in [0.15, 0.2) is 49.3 Å². The number of hydrogen-bond donors (Lipinski definition) is 2. The van der Waals surface area contributed by atoms with Gasteiger partial charge in [-0.25, -0.2) is 23.8 Å². The molecule has 4 fully saturated rings.